The number of nitrogens with zero attached hydrogens (tertiary/aromatic N) is 5. The lowest BCUT2D eigenvalue weighted by molar-refractivity contribution is 0.200. The number of nitrogens with one attached hydrogen (secondary N) is 1. The maximum atomic E-state index is 14.2. The number of halogens is 2. The van der Waals surface area contributed by atoms with Crippen LogP contribution >= 0.6 is 11.6 Å². The molecule has 1 N–H and O–H groups in total. The maximum absolute atomic E-state index is 14.2. The Balaban J connectivity index is 1.47. The first-order valence-corrected chi connectivity index (χ1v) is 12.1. The van der Waals surface area contributed by atoms with E-state index in [1.165, 1.54) is 17.7 Å². The molecule has 0 spiro atoms. The maximum Gasteiger partial charge on any atom is 0.324 e. The Hall–Kier alpha value is -2.45. The Bertz CT molecular complexity index is 995. The Morgan fingerprint density at radius 2 is 2.03 bits per heavy atom. The van der Waals surface area contributed by atoms with Crippen LogP contribution < -0.4 is 15.1 Å². The summed E-state index contributed by atoms with van der Waals surface area (Å²) in [6.07, 6.45) is 3.76. The third-order valence-electron chi connectivity index (χ3n) is 6.44. The fourth-order valence-electron chi connectivity index (χ4n) is 4.61. The molecule has 0 saturated carbocycles. The molecule has 1 aliphatic carbocycles. The van der Waals surface area contributed by atoms with Crippen LogP contribution in [0.15, 0.2) is 24.5 Å². The minimum Gasteiger partial charge on any atom is -0.353 e. The van der Waals surface area contributed by atoms with E-state index in [0.29, 0.717) is 56.9 Å². The van der Waals surface area contributed by atoms with E-state index in [1.807, 2.05) is 4.90 Å². The van der Waals surface area contributed by atoms with Crippen LogP contribution in [-0.4, -0.2) is 66.2 Å². The summed E-state index contributed by atoms with van der Waals surface area (Å²) in [7, 11) is 0. The largest absolute Gasteiger partial charge is 0.353 e. The Morgan fingerprint density at radius 3 is 2.73 bits per heavy atom. The molecule has 178 valence electrons. The van der Waals surface area contributed by atoms with Gasteiger partial charge in [-0.1, -0.05) is 32.4 Å². The zero-order valence-electron chi connectivity index (χ0n) is 19.5. The lowest BCUT2D eigenvalue weighted by Gasteiger charge is -2.38. The van der Waals surface area contributed by atoms with Crippen LogP contribution in [0.1, 0.15) is 44.4 Å². The molecule has 2 aliphatic rings. The van der Waals surface area contributed by atoms with Crippen LogP contribution in [0.25, 0.3) is 0 Å². The average molecular weight is 475 g/mol. The van der Waals surface area contributed by atoms with E-state index in [-0.39, 0.29) is 11.1 Å². The van der Waals surface area contributed by atoms with E-state index in [4.69, 9.17) is 11.6 Å². The van der Waals surface area contributed by atoms with Gasteiger partial charge in [0.1, 0.15) is 18.0 Å². The number of hydrogen-bond acceptors (Lipinski definition) is 5. The van der Waals surface area contributed by atoms with Crippen LogP contribution in [0, 0.1) is 5.82 Å². The van der Waals surface area contributed by atoms with E-state index in [0.717, 1.165) is 24.4 Å². The van der Waals surface area contributed by atoms with Gasteiger partial charge in [-0.25, -0.2) is 19.2 Å². The van der Waals surface area contributed by atoms with Crippen molar-refractivity contribution in [2.45, 2.75) is 45.6 Å². The van der Waals surface area contributed by atoms with Crippen molar-refractivity contribution >= 4 is 29.1 Å². The lowest BCUT2D eigenvalue weighted by Crippen LogP contribution is -2.54. The highest BCUT2D eigenvalue weighted by atomic mass is 35.5. The molecule has 9 heteroatoms. The van der Waals surface area contributed by atoms with Gasteiger partial charge in [-0.3, -0.25) is 4.90 Å². The average Bonchev–Trinajstić information content (AvgIpc) is 3.19. The summed E-state index contributed by atoms with van der Waals surface area (Å²) < 4.78 is 14.2. The second kappa shape index (κ2) is 10.2. The SMILES string of the molecule is CC(C)NCCN(C(=O)N1CCN(c2ncnc3c2[C@H](C)CC3)CC1)c1ccc(Cl)c(F)c1. The highest BCUT2D eigenvalue weighted by Gasteiger charge is 2.31. The van der Waals surface area contributed by atoms with Gasteiger partial charge < -0.3 is 15.1 Å². The number of anilines is 2. The predicted octanol–water partition coefficient (Wildman–Crippen LogP) is 4.07. The molecule has 4 rings (SSSR count). The zero-order chi connectivity index (χ0) is 23.5. The molecule has 1 atom stereocenters. The van der Waals surface area contributed by atoms with E-state index in [2.05, 4.69) is 41.0 Å². The summed E-state index contributed by atoms with van der Waals surface area (Å²) in [6, 6.07) is 4.70. The van der Waals surface area contributed by atoms with Gasteiger partial charge in [0.05, 0.1) is 5.02 Å². The van der Waals surface area contributed by atoms with Crippen LogP contribution in [-0.2, 0) is 6.42 Å². The molecule has 0 unspecified atom stereocenters. The van der Waals surface area contributed by atoms with Crippen LogP contribution in [0.4, 0.5) is 20.7 Å². The quantitative estimate of drug-likeness (QED) is 0.683. The van der Waals surface area contributed by atoms with Crippen LogP contribution in [0.5, 0.6) is 0 Å². The number of piperazine rings is 1. The topological polar surface area (TPSA) is 64.6 Å². The number of aryl methyl sites for hydroxylation is 1. The number of urea groups is 1. The Kier molecular flexibility index (Phi) is 7.34. The zero-order valence-corrected chi connectivity index (χ0v) is 20.3. The van der Waals surface area contributed by atoms with Gasteiger partial charge in [0, 0.05) is 62.3 Å². The van der Waals surface area contributed by atoms with E-state index in [9.17, 15) is 9.18 Å². The molecular weight excluding hydrogens is 443 g/mol. The van der Waals surface area contributed by atoms with Crippen LogP contribution in [0.3, 0.4) is 0 Å². The van der Waals surface area contributed by atoms with Crippen molar-refractivity contribution in [2.75, 3.05) is 49.1 Å². The molecule has 2 amide bonds. The minimum atomic E-state index is -0.527. The first-order chi connectivity index (χ1) is 15.8. The molecular formula is C24H32ClFN6O. The van der Waals surface area contributed by atoms with E-state index >= 15 is 0 Å². The fourth-order valence-corrected chi connectivity index (χ4v) is 4.73. The van der Waals surface area contributed by atoms with E-state index < -0.39 is 5.82 Å². The van der Waals surface area contributed by atoms with Crippen molar-refractivity contribution in [3.05, 3.63) is 46.6 Å². The molecule has 1 aromatic carbocycles. The van der Waals surface area contributed by atoms with Gasteiger partial charge in [-0.05, 0) is 37.0 Å². The van der Waals surface area contributed by atoms with Crippen molar-refractivity contribution in [2.24, 2.45) is 0 Å². The third-order valence-corrected chi connectivity index (χ3v) is 6.74. The minimum absolute atomic E-state index is 0.0479. The normalized spacial score (nSPS) is 18.1. The van der Waals surface area contributed by atoms with Crippen molar-refractivity contribution in [1.82, 2.24) is 20.2 Å². The predicted molar refractivity (Wildman–Crippen MR) is 130 cm³/mol. The van der Waals surface area contributed by atoms with Gasteiger partial charge in [-0.2, -0.15) is 0 Å². The van der Waals surface area contributed by atoms with Gasteiger partial charge in [0.15, 0.2) is 0 Å². The van der Waals surface area contributed by atoms with Gasteiger partial charge in [-0.15, -0.1) is 0 Å². The summed E-state index contributed by atoms with van der Waals surface area (Å²) in [4.78, 5) is 28.3. The number of aromatic nitrogens is 2. The number of hydrogen-bond donors (Lipinski definition) is 1. The molecule has 1 aromatic heterocycles. The molecule has 33 heavy (non-hydrogen) atoms. The number of benzene rings is 1. The fraction of sp³-hybridized carbons (Fsp3) is 0.542. The molecule has 7 nitrogen and oxygen atoms in total. The van der Waals surface area contributed by atoms with Gasteiger partial charge in [0.2, 0.25) is 0 Å². The van der Waals surface area contributed by atoms with Crippen LogP contribution in [0.2, 0.25) is 5.02 Å². The monoisotopic (exact) mass is 474 g/mol. The first-order valence-electron chi connectivity index (χ1n) is 11.7. The number of carbonyl (C=O) groups excluding carboxylic acids is 1. The number of carbonyl (C=O) groups is 1. The van der Waals surface area contributed by atoms with Crippen molar-refractivity contribution in [3.8, 4) is 0 Å². The van der Waals surface area contributed by atoms with Crippen molar-refractivity contribution < 1.29 is 9.18 Å². The van der Waals surface area contributed by atoms with Gasteiger partial charge in [0.25, 0.3) is 0 Å². The summed E-state index contributed by atoms with van der Waals surface area (Å²) >= 11 is 5.87. The highest BCUT2D eigenvalue weighted by molar-refractivity contribution is 6.30. The number of rotatable bonds is 6. The second-order valence-electron chi connectivity index (χ2n) is 9.11. The molecule has 0 bridgehead atoms. The standard InChI is InChI=1S/C24H32ClFN6O/c1-16(2)27-8-9-32(18-5-6-19(25)20(26)14-18)24(33)31-12-10-30(11-13-31)23-22-17(3)4-7-21(22)28-15-29-23/h5-6,14-17,27H,4,7-13H2,1-3H3/t17-/m1/s1. The molecule has 2 heterocycles. The Labute approximate surface area is 199 Å². The smallest absolute Gasteiger partial charge is 0.324 e. The molecule has 2 aromatic rings. The second-order valence-corrected chi connectivity index (χ2v) is 9.52. The molecule has 1 fully saturated rings. The third kappa shape index (κ3) is 5.22. The molecule has 0 radical (unpaired) electrons. The number of amides is 2. The van der Waals surface area contributed by atoms with Crippen molar-refractivity contribution in [3.63, 3.8) is 0 Å². The summed E-state index contributed by atoms with van der Waals surface area (Å²) in [6.45, 7) is 9.95. The summed E-state index contributed by atoms with van der Waals surface area (Å²) in [5.41, 5.74) is 2.92. The lowest BCUT2D eigenvalue weighted by atomic mass is 10.1. The summed E-state index contributed by atoms with van der Waals surface area (Å²) in [5.74, 6) is 0.940. The van der Waals surface area contributed by atoms with Crippen molar-refractivity contribution in [1.29, 1.82) is 0 Å². The van der Waals surface area contributed by atoms with Gasteiger partial charge >= 0.3 is 6.03 Å². The molecule has 1 saturated heterocycles. The van der Waals surface area contributed by atoms with E-state index in [1.54, 1.807) is 17.3 Å². The molecule has 1 aliphatic heterocycles. The highest BCUT2D eigenvalue weighted by Crippen LogP contribution is 2.37. The Morgan fingerprint density at radius 1 is 1.27 bits per heavy atom. The summed E-state index contributed by atoms with van der Waals surface area (Å²) in [5, 5.41) is 3.38. The number of fused-ring (bicyclic) bond motifs is 1. The first kappa shape index (κ1) is 23.7.